The summed E-state index contributed by atoms with van der Waals surface area (Å²) in [7, 11) is 0. The second kappa shape index (κ2) is 6.13. The number of carbonyl (C=O) groups is 1. The molecule has 20 heavy (non-hydrogen) atoms. The molecule has 0 atom stereocenters. The number of likely N-dealkylation sites (tertiary alicyclic amines) is 1. The van der Waals surface area contributed by atoms with E-state index in [0.717, 1.165) is 36.9 Å². The van der Waals surface area contributed by atoms with E-state index in [0.29, 0.717) is 18.3 Å². The highest BCUT2D eigenvalue weighted by Gasteiger charge is 2.29. The van der Waals surface area contributed by atoms with Gasteiger partial charge in [-0.25, -0.2) is 0 Å². The number of thioether (sulfide) groups is 1. The van der Waals surface area contributed by atoms with E-state index in [1.807, 2.05) is 4.90 Å². The summed E-state index contributed by atoms with van der Waals surface area (Å²) in [5.41, 5.74) is 5.69. The minimum atomic E-state index is 0.217. The van der Waals surface area contributed by atoms with E-state index < -0.39 is 0 Å². The van der Waals surface area contributed by atoms with Gasteiger partial charge in [0.25, 0.3) is 0 Å². The first-order valence-corrected chi connectivity index (χ1v) is 8.32. The van der Waals surface area contributed by atoms with Crippen LogP contribution in [0.25, 0.3) is 0 Å². The Kier molecular flexibility index (Phi) is 4.26. The number of piperidine rings is 1. The standard InChI is InChI=1S/C13H21N5OS/c14-8-11-15-16-13(18(11)10-4-5-10)20-9-12(19)17-6-2-1-3-7-17/h10H,1-9,14H2. The lowest BCUT2D eigenvalue weighted by Gasteiger charge is -2.26. The Hall–Kier alpha value is -1.08. The lowest BCUT2D eigenvalue weighted by molar-refractivity contribution is -0.129. The van der Waals surface area contributed by atoms with Crippen LogP contribution in [0.15, 0.2) is 5.16 Å². The summed E-state index contributed by atoms with van der Waals surface area (Å²) >= 11 is 1.50. The minimum absolute atomic E-state index is 0.217. The highest BCUT2D eigenvalue weighted by atomic mass is 32.2. The van der Waals surface area contributed by atoms with Crippen molar-refractivity contribution in [3.63, 3.8) is 0 Å². The second-order valence-electron chi connectivity index (χ2n) is 5.43. The number of hydrogen-bond donors (Lipinski definition) is 1. The number of nitrogens with zero attached hydrogens (tertiary/aromatic N) is 4. The van der Waals surface area contributed by atoms with Crippen LogP contribution in [0.2, 0.25) is 0 Å². The Morgan fingerprint density at radius 2 is 2.00 bits per heavy atom. The summed E-state index contributed by atoms with van der Waals surface area (Å²) < 4.78 is 2.12. The van der Waals surface area contributed by atoms with Gasteiger partial charge in [-0.1, -0.05) is 11.8 Å². The molecule has 1 aromatic heterocycles. The molecule has 110 valence electrons. The molecule has 1 aliphatic heterocycles. The predicted octanol–water partition coefficient (Wildman–Crippen LogP) is 1.18. The summed E-state index contributed by atoms with van der Waals surface area (Å²) in [5, 5.41) is 9.16. The van der Waals surface area contributed by atoms with Gasteiger partial charge in [0.15, 0.2) is 5.16 Å². The quantitative estimate of drug-likeness (QED) is 0.825. The van der Waals surface area contributed by atoms with Gasteiger partial charge in [0, 0.05) is 19.1 Å². The SMILES string of the molecule is NCc1nnc(SCC(=O)N2CCCCC2)n1C1CC1. The van der Waals surface area contributed by atoms with Gasteiger partial charge in [-0.2, -0.15) is 0 Å². The third kappa shape index (κ3) is 2.98. The number of carbonyl (C=O) groups excluding carboxylic acids is 1. The number of nitrogens with two attached hydrogens (primary N) is 1. The molecule has 1 aliphatic carbocycles. The molecule has 0 bridgehead atoms. The molecule has 0 unspecified atom stereocenters. The molecule has 1 saturated heterocycles. The fourth-order valence-corrected chi connectivity index (χ4v) is 3.53. The maximum atomic E-state index is 12.2. The van der Waals surface area contributed by atoms with E-state index in [1.54, 1.807) is 0 Å². The molecule has 3 rings (SSSR count). The molecule has 1 amide bonds. The van der Waals surface area contributed by atoms with Gasteiger partial charge in [0.2, 0.25) is 5.91 Å². The van der Waals surface area contributed by atoms with Gasteiger partial charge in [-0.15, -0.1) is 10.2 Å². The van der Waals surface area contributed by atoms with Gasteiger partial charge in [-0.3, -0.25) is 4.79 Å². The van der Waals surface area contributed by atoms with Crippen molar-refractivity contribution < 1.29 is 4.79 Å². The molecule has 7 heteroatoms. The average molecular weight is 295 g/mol. The Balaban J connectivity index is 1.60. The molecule has 6 nitrogen and oxygen atoms in total. The summed E-state index contributed by atoms with van der Waals surface area (Å²) in [6.45, 7) is 2.22. The van der Waals surface area contributed by atoms with E-state index in [-0.39, 0.29) is 5.91 Å². The van der Waals surface area contributed by atoms with Crippen LogP contribution in [0.4, 0.5) is 0 Å². The van der Waals surface area contributed by atoms with Crippen molar-refractivity contribution in [3.05, 3.63) is 5.82 Å². The number of hydrogen-bond acceptors (Lipinski definition) is 5. The molecular weight excluding hydrogens is 274 g/mol. The van der Waals surface area contributed by atoms with Gasteiger partial charge < -0.3 is 15.2 Å². The van der Waals surface area contributed by atoms with E-state index in [1.165, 1.54) is 31.0 Å². The number of aromatic nitrogens is 3. The molecule has 1 aromatic rings. The molecule has 0 radical (unpaired) electrons. The Labute approximate surface area is 123 Å². The maximum Gasteiger partial charge on any atom is 0.233 e. The average Bonchev–Trinajstić information content (AvgIpc) is 3.25. The third-order valence-electron chi connectivity index (χ3n) is 3.86. The van der Waals surface area contributed by atoms with Gasteiger partial charge >= 0.3 is 0 Å². The minimum Gasteiger partial charge on any atom is -0.342 e. The van der Waals surface area contributed by atoms with Crippen molar-refractivity contribution in [1.29, 1.82) is 0 Å². The first-order chi connectivity index (χ1) is 9.79. The fraction of sp³-hybridized carbons (Fsp3) is 0.769. The molecule has 2 aliphatic rings. The topological polar surface area (TPSA) is 77.0 Å². The first-order valence-electron chi connectivity index (χ1n) is 7.34. The van der Waals surface area contributed by atoms with Crippen molar-refractivity contribution >= 4 is 17.7 Å². The molecule has 0 aromatic carbocycles. The zero-order valence-corrected chi connectivity index (χ0v) is 12.4. The zero-order chi connectivity index (χ0) is 13.9. The second-order valence-corrected chi connectivity index (χ2v) is 6.38. The molecule has 2 heterocycles. The summed E-state index contributed by atoms with van der Waals surface area (Å²) in [6, 6.07) is 0.496. The van der Waals surface area contributed by atoms with E-state index in [9.17, 15) is 4.79 Å². The monoisotopic (exact) mass is 295 g/mol. The Bertz CT molecular complexity index is 479. The van der Waals surface area contributed by atoms with Crippen LogP contribution in [-0.4, -0.2) is 44.4 Å². The Morgan fingerprint density at radius 1 is 1.25 bits per heavy atom. The predicted molar refractivity (Wildman–Crippen MR) is 77.3 cm³/mol. The van der Waals surface area contributed by atoms with Crippen LogP contribution in [0.3, 0.4) is 0 Å². The van der Waals surface area contributed by atoms with E-state index in [2.05, 4.69) is 14.8 Å². The van der Waals surface area contributed by atoms with Gasteiger partial charge in [-0.05, 0) is 32.1 Å². The molecule has 0 spiro atoms. The van der Waals surface area contributed by atoms with Gasteiger partial charge in [0.05, 0.1) is 12.3 Å². The van der Waals surface area contributed by atoms with E-state index in [4.69, 9.17) is 5.73 Å². The smallest absolute Gasteiger partial charge is 0.233 e. The highest BCUT2D eigenvalue weighted by Crippen LogP contribution is 2.38. The van der Waals surface area contributed by atoms with Crippen molar-refractivity contribution in [1.82, 2.24) is 19.7 Å². The first kappa shape index (κ1) is 13.9. The van der Waals surface area contributed by atoms with Crippen LogP contribution < -0.4 is 5.73 Å². The summed E-state index contributed by atoms with van der Waals surface area (Å²) in [4.78, 5) is 14.1. The lowest BCUT2D eigenvalue weighted by atomic mass is 10.1. The largest absolute Gasteiger partial charge is 0.342 e. The van der Waals surface area contributed by atoms with Crippen LogP contribution in [0.1, 0.15) is 44.0 Å². The van der Waals surface area contributed by atoms with E-state index >= 15 is 0 Å². The summed E-state index contributed by atoms with van der Waals surface area (Å²) in [5.74, 6) is 1.50. The van der Waals surface area contributed by atoms with Gasteiger partial charge in [0.1, 0.15) is 5.82 Å². The van der Waals surface area contributed by atoms with Crippen LogP contribution in [-0.2, 0) is 11.3 Å². The zero-order valence-electron chi connectivity index (χ0n) is 11.6. The number of amides is 1. The molecular formula is C13H21N5OS. The van der Waals surface area contributed by atoms with Crippen molar-refractivity contribution in [2.75, 3.05) is 18.8 Å². The third-order valence-corrected chi connectivity index (χ3v) is 4.79. The maximum absolute atomic E-state index is 12.2. The molecule has 1 saturated carbocycles. The summed E-state index contributed by atoms with van der Waals surface area (Å²) in [6.07, 6.45) is 5.84. The van der Waals surface area contributed by atoms with Crippen LogP contribution in [0.5, 0.6) is 0 Å². The van der Waals surface area contributed by atoms with Crippen molar-refractivity contribution in [2.45, 2.75) is 49.8 Å². The van der Waals surface area contributed by atoms with Crippen LogP contribution >= 0.6 is 11.8 Å². The van der Waals surface area contributed by atoms with Crippen molar-refractivity contribution in [2.24, 2.45) is 5.73 Å². The van der Waals surface area contributed by atoms with Crippen LogP contribution in [0, 0.1) is 0 Å². The molecule has 2 N–H and O–H groups in total. The normalized spacial score (nSPS) is 19.4. The number of rotatable bonds is 5. The fourth-order valence-electron chi connectivity index (χ4n) is 2.61. The van der Waals surface area contributed by atoms with Crippen molar-refractivity contribution in [3.8, 4) is 0 Å². The molecule has 2 fully saturated rings. The Morgan fingerprint density at radius 3 is 2.65 bits per heavy atom. The highest BCUT2D eigenvalue weighted by molar-refractivity contribution is 7.99. The lowest BCUT2D eigenvalue weighted by Crippen LogP contribution is -2.36.